The van der Waals surface area contributed by atoms with Gasteiger partial charge in [0.15, 0.2) is 0 Å². The second-order valence-corrected chi connectivity index (χ2v) is 5.42. The summed E-state index contributed by atoms with van der Waals surface area (Å²) < 4.78 is 5.04. The Bertz CT molecular complexity index is 494. The SMILES string of the molecule is COCCN(CCC(N)=S)C(=O)c1ccc(Cl)cc1C. The van der Waals surface area contributed by atoms with E-state index in [0.717, 1.165) is 5.56 Å². The van der Waals surface area contributed by atoms with Crippen LogP contribution in [0.25, 0.3) is 0 Å². The highest BCUT2D eigenvalue weighted by atomic mass is 35.5. The Morgan fingerprint density at radius 3 is 2.70 bits per heavy atom. The normalized spacial score (nSPS) is 10.3. The molecule has 4 nitrogen and oxygen atoms in total. The Morgan fingerprint density at radius 1 is 1.45 bits per heavy atom. The van der Waals surface area contributed by atoms with Crippen molar-refractivity contribution < 1.29 is 9.53 Å². The van der Waals surface area contributed by atoms with E-state index in [1.807, 2.05) is 6.92 Å². The number of rotatable bonds is 7. The summed E-state index contributed by atoms with van der Waals surface area (Å²) in [5.41, 5.74) is 6.98. The van der Waals surface area contributed by atoms with Crippen molar-refractivity contribution in [2.24, 2.45) is 5.73 Å². The summed E-state index contributed by atoms with van der Waals surface area (Å²) in [5, 5.41) is 0.616. The van der Waals surface area contributed by atoms with Crippen LogP contribution < -0.4 is 5.73 Å². The molecular weight excluding hydrogens is 296 g/mol. The fourth-order valence-electron chi connectivity index (χ4n) is 1.80. The average molecular weight is 315 g/mol. The summed E-state index contributed by atoms with van der Waals surface area (Å²) in [7, 11) is 1.60. The molecule has 1 aromatic rings. The minimum Gasteiger partial charge on any atom is -0.393 e. The molecule has 110 valence electrons. The van der Waals surface area contributed by atoms with Gasteiger partial charge in [-0.1, -0.05) is 23.8 Å². The number of hydrogen-bond acceptors (Lipinski definition) is 3. The van der Waals surface area contributed by atoms with Gasteiger partial charge in [0.1, 0.15) is 0 Å². The van der Waals surface area contributed by atoms with Crippen LogP contribution in [0.15, 0.2) is 18.2 Å². The van der Waals surface area contributed by atoms with Crippen LogP contribution in [0.1, 0.15) is 22.3 Å². The van der Waals surface area contributed by atoms with Gasteiger partial charge in [-0.15, -0.1) is 0 Å². The molecule has 1 rings (SSSR count). The van der Waals surface area contributed by atoms with Crippen molar-refractivity contribution in [3.8, 4) is 0 Å². The molecule has 1 aromatic carbocycles. The maximum absolute atomic E-state index is 12.5. The quantitative estimate of drug-likeness (QED) is 0.785. The van der Waals surface area contributed by atoms with Crippen LogP contribution in [0.3, 0.4) is 0 Å². The smallest absolute Gasteiger partial charge is 0.254 e. The van der Waals surface area contributed by atoms with E-state index in [-0.39, 0.29) is 5.91 Å². The lowest BCUT2D eigenvalue weighted by molar-refractivity contribution is 0.0700. The van der Waals surface area contributed by atoms with E-state index >= 15 is 0 Å². The van der Waals surface area contributed by atoms with Gasteiger partial charge >= 0.3 is 0 Å². The molecule has 1 amide bonds. The highest BCUT2D eigenvalue weighted by molar-refractivity contribution is 7.80. The first-order valence-electron chi connectivity index (χ1n) is 6.28. The van der Waals surface area contributed by atoms with Crippen LogP contribution >= 0.6 is 23.8 Å². The third-order valence-electron chi connectivity index (χ3n) is 2.90. The largest absolute Gasteiger partial charge is 0.393 e. The van der Waals surface area contributed by atoms with E-state index in [1.54, 1.807) is 30.2 Å². The molecule has 0 fully saturated rings. The summed E-state index contributed by atoms with van der Waals surface area (Å²) in [6.07, 6.45) is 0.497. The number of thiocarbonyl (C=S) groups is 1. The summed E-state index contributed by atoms with van der Waals surface area (Å²) in [5.74, 6) is -0.0625. The number of hydrogen-bond donors (Lipinski definition) is 1. The first-order valence-corrected chi connectivity index (χ1v) is 7.07. The Hall–Kier alpha value is -1.17. The fourth-order valence-corrected chi connectivity index (χ4v) is 2.12. The molecule has 0 bridgehead atoms. The van der Waals surface area contributed by atoms with Crippen molar-refractivity contribution in [2.75, 3.05) is 26.8 Å². The van der Waals surface area contributed by atoms with Crippen LogP contribution in [0.5, 0.6) is 0 Å². The van der Waals surface area contributed by atoms with Gasteiger partial charge in [-0.2, -0.15) is 0 Å². The van der Waals surface area contributed by atoms with E-state index in [0.29, 0.717) is 41.7 Å². The summed E-state index contributed by atoms with van der Waals surface area (Å²) in [6, 6.07) is 5.22. The molecule has 0 saturated heterocycles. The highest BCUT2D eigenvalue weighted by Crippen LogP contribution is 2.17. The Labute approximate surface area is 129 Å². The number of nitrogens with two attached hydrogens (primary N) is 1. The number of carbonyl (C=O) groups excluding carboxylic acids is 1. The van der Waals surface area contributed by atoms with Crippen LogP contribution in [0, 0.1) is 6.92 Å². The molecule has 0 heterocycles. The predicted molar refractivity (Wildman–Crippen MR) is 85.4 cm³/mol. The van der Waals surface area contributed by atoms with Crippen LogP contribution in [-0.2, 0) is 4.74 Å². The maximum Gasteiger partial charge on any atom is 0.254 e. The zero-order chi connectivity index (χ0) is 15.1. The van der Waals surface area contributed by atoms with Crippen molar-refractivity contribution in [1.82, 2.24) is 4.90 Å². The molecule has 20 heavy (non-hydrogen) atoms. The monoisotopic (exact) mass is 314 g/mol. The second-order valence-electron chi connectivity index (χ2n) is 4.46. The molecule has 0 saturated carbocycles. The Balaban J connectivity index is 2.87. The lowest BCUT2D eigenvalue weighted by atomic mass is 10.1. The van der Waals surface area contributed by atoms with Gasteiger partial charge < -0.3 is 15.4 Å². The van der Waals surface area contributed by atoms with E-state index in [2.05, 4.69) is 0 Å². The van der Waals surface area contributed by atoms with Gasteiger partial charge in [0.05, 0.1) is 11.6 Å². The standard InChI is InChI=1S/C14H19ClN2O2S/c1-10-9-11(15)3-4-12(10)14(18)17(7-8-19-2)6-5-13(16)20/h3-4,9H,5-8H2,1-2H3,(H2,16,20). The number of benzene rings is 1. The first-order chi connectivity index (χ1) is 9.45. The van der Waals surface area contributed by atoms with Gasteiger partial charge in [0.2, 0.25) is 0 Å². The summed E-state index contributed by atoms with van der Waals surface area (Å²) in [4.78, 5) is 14.6. The zero-order valence-corrected chi connectivity index (χ0v) is 13.3. The Morgan fingerprint density at radius 2 is 2.15 bits per heavy atom. The molecule has 0 spiro atoms. The number of aryl methyl sites for hydroxylation is 1. The molecule has 0 atom stereocenters. The number of carbonyl (C=O) groups is 1. The number of halogens is 1. The van der Waals surface area contributed by atoms with Gasteiger partial charge in [0, 0.05) is 37.2 Å². The average Bonchev–Trinajstić information content (AvgIpc) is 2.38. The van der Waals surface area contributed by atoms with E-state index in [4.69, 9.17) is 34.3 Å². The molecule has 6 heteroatoms. The summed E-state index contributed by atoms with van der Waals surface area (Å²) >= 11 is 10.8. The minimum atomic E-state index is -0.0625. The molecule has 2 N–H and O–H groups in total. The van der Waals surface area contributed by atoms with Gasteiger partial charge in [0.25, 0.3) is 5.91 Å². The lowest BCUT2D eigenvalue weighted by Crippen LogP contribution is -2.36. The Kier molecular flexibility index (Phi) is 6.91. The van der Waals surface area contributed by atoms with Crippen LogP contribution in [0.4, 0.5) is 0 Å². The lowest BCUT2D eigenvalue weighted by Gasteiger charge is -2.23. The minimum absolute atomic E-state index is 0.0625. The molecule has 0 aromatic heterocycles. The van der Waals surface area contributed by atoms with E-state index < -0.39 is 0 Å². The second kappa shape index (κ2) is 8.19. The predicted octanol–water partition coefficient (Wildman–Crippen LogP) is 2.41. The van der Waals surface area contributed by atoms with Gasteiger partial charge in [-0.25, -0.2) is 0 Å². The van der Waals surface area contributed by atoms with E-state index in [1.165, 1.54) is 0 Å². The molecule has 0 aliphatic rings. The van der Waals surface area contributed by atoms with Crippen molar-refractivity contribution in [3.05, 3.63) is 34.3 Å². The molecule has 0 aliphatic carbocycles. The van der Waals surface area contributed by atoms with Crippen molar-refractivity contribution in [1.29, 1.82) is 0 Å². The number of amides is 1. The molecular formula is C14H19ClN2O2S. The number of methoxy groups -OCH3 is 1. The van der Waals surface area contributed by atoms with Crippen LogP contribution in [0.2, 0.25) is 5.02 Å². The number of ether oxygens (including phenoxy) is 1. The van der Waals surface area contributed by atoms with Crippen LogP contribution in [-0.4, -0.2) is 42.6 Å². The van der Waals surface area contributed by atoms with Crippen molar-refractivity contribution in [2.45, 2.75) is 13.3 Å². The number of nitrogens with zero attached hydrogens (tertiary/aromatic N) is 1. The van der Waals surface area contributed by atoms with Crippen molar-refractivity contribution in [3.63, 3.8) is 0 Å². The topological polar surface area (TPSA) is 55.6 Å². The third-order valence-corrected chi connectivity index (χ3v) is 3.34. The fraction of sp³-hybridized carbons (Fsp3) is 0.429. The molecule has 0 unspecified atom stereocenters. The van der Waals surface area contributed by atoms with Gasteiger partial charge in [-0.05, 0) is 30.7 Å². The van der Waals surface area contributed by atoms with Gasteiger partial charge in [-0.3, -0.25) is 4.79 Å². The maximum atomic E-state index is 12.5. The molecule has 0 radical (unpaired) electrons. The highest BCUT2D eigenvalue weighted by Gasteiger charge is 2.17. The third kappa shape index (κ3) is 5.07. The summed E-state index contributed by atoms with van der Waals surface area (Å²) in [6.45, 7) is 3.32. The first kappa shape index (κ1) is 16.9. The zero-order valence-electron chi connectivity index (χ0n) is 11.7. The van der Waals surface area contributed by atoms with E-state index in [9.17, 15) is 4.79 Å². The molecule has 0 aliphatic heterocycles. The van der Waals surface area contributed by atoms with Crippen molar-refractivity contribution >= 4 is 34.7 Å².